The van der Waals surface area contributed by atoms with Crippen molar-refractivity contribution in [3.05, 3.63) is 29.0 Å². The van der Waals surface area contributed by atoms with E-state index in [4.69, 9.17) is 11.6 Å². The summed E-state index contributed by atoms with van der Waals surface area (Å²) in [6.45, 7) is 1.61. The zero-order valence-electron chi connectivity index (χ0n) is 11.8. The maximum absolute atomic E-state index is 13.5. The van der Waals surface area contributed by atoms with Gasteiger partial charge < -0.3 is 4.90 Å². The van der Waals surface area contributed by atoms with Crippen LogP contribution in [0.5, 0.6) is 0 Å². The smallest absolute Gasteiger partial charge is 0.243 e. The van der Waals surface area contributed by atoms with Gasteiger partial charge in [0, 0.05) is 23.7 Å². The normalized spacial score (nSPS) is 27.8. The zero-order valence-corrected chi connectivity index (χ0v) is 13.4. The first kappa shape index (κ1) is 15.2. The first-order valence-corrected chi connectivity index (χ1v) is 8.88. The van der Waals surface area contributed by atoms with E-state index in [0.29, 0.717) is 0 Å². The van der Waals surface area contributed by atoms with Gasteiger partial charge in [-0.1, -0.05) is 11.6 Å². The molecule has 1 unspecified atom stereocenters. The molecule has 21 heavy (non-hydrogen) atoms. The van der Waals surface area contributed by atoms with E-state index in [-0.39, 0.29) is 22.0 Å². The highest BCUT2D eigenvalue weighted by Gasteiger charge is 2.44. The van der Waals surface area contributed by atoms with Gasteiger partial charge in [-0.2, -0.15) is 4.31 Å². The van der Waals surface area contributed by atoms with E-state index >= 15 is 0 Å². The van der Waals surface area contributed by atoms with Gasteiger partial charge in [-0.05, 0) is 51.1 Å². The molecule has 2 saturated heterocycles. The van der Waals surface area contributed by atoms with Crippen LogP contribution in [0.25, 0.3) is 0 Å². The largest absolute Gasteiger partial charge is 0.305 e. The van der Waals surface area contributed by atoms with Gasteiger partial charge in [-0.15, -0.1) is 0 Å². The second kappa shape index (κ2) is 5.50. The lowest BCUT2D eigenvalue weighted by molar-refractivity contribution is 0.289. The first-order valence-electron chi connectivity index (χ1n) is 7.06. The van der Waals surface area contributed by atoms with E-state index in [9.17, 15) is 12.8 Å². The third kappa shape index (κ3) is 2.82. The maximum Gasteiger partial charge on any atom is 0.243 e. The van der Waals surface area contributed by atoms with Crippen LogP contribution in [-0.2, 0) is 10.0 Å². The molecule has 0 amide bonds. The highest BCUT2D eigenvalue weighted by molar-refractivity contribution is 7.89. The van der Waals surface area contributed by atoms with Gasteiger partial charge in [-0.25, -0.2) is 12.8 Å². The summed E-state index contributed by atoms with van der Waals surface area (Å²) in [6, 6.07) is 3.47. The monoisotopic (exact) mass is 332 g/mol. The van der Waals surface area contributed by atoms with Crippen LogP contribution in [0, 0.1) is 5.82 Å². The van der Waals surface area contributed by atoms with Crippen molar-refractivity contribution in [2.75, 3.05) is 20.1 Å². The Morgan fingerprint density at radius 3 is 2.62 bits per heavy atom. The van der Waals surface area contributed by atoms with Crippen LogP contribution in [-0.4, -0.2) is 49.8 Å². The molecule has 2 heterocycles. The molecule has 0 saturated carbocycles. The summed E-state index contributed by atoms with van der Waals surface area (Å²) in [5.41, 5.74) is 0. The van der Waals surface area contributed by atoms with Crippen LogP contribution in [0.3, 0.4) is 0 Å². The molecular weight excluding hydrogens is 315 g/mol. The molecule has 2 aliphatic rings. The molecule has 1 aromatic rings. The molecule has 2 atom stereocenters. The fraction of sp³-hybridized carbons (Fsp3) is 0.571. The van der Waals surface area contributed by atoms with Gasteiger partial charge in [0.05, 0.1) is 4.90 Å². The van der Waals surface area contributed by atoms with Gasteiger partial charge in [0.1, 0.15) is 5.82 Å². The van der Waals surface area contributed by atoms with Gasteiger partial charge in [0.25, 0.3) is 0 Å². The quantitative estimate of drug-likeness (QED) is 0.834. The van der Waals surface area contributed by atoms with E-state index in [1.807, 2.05) is 7.05 Å². The maximum atomic E-state index is 13.5. The van der Waals surface area contributed by atoms with Crippen molar-refractivity contribution in [3.63, 3.8) is 0 Å². The Balaban J connectivity index is 2.01. The Morgan fingerprint density at radius 2 is 1.90 bits per heavy atom. The van der Waals surface area contributed by atoms with Crippen molar-refractivity contribution in [2.24, 2.45) is 0 Å². The van der Waals surface area contributed by atoms with Crippen molar-refractivity contribution in [3.8, 4) is 0 Å². The zero-order chi connectivity index (χ0) is 15.2. The van der Waals surface area contributed by atoms with E-state index in [2.05, 4.69) is 4.90 Å². The van der Waals surface area contributed by atoms with Crippen molar-refractivity contribution >= 4 is 21.6 Å². The lowest BCUT2D eigenvalue weighted by Gasteiger charge is -2.27. The van der Waals surface area contributed by atoms with Crippen molar-refractivity contribution in [2.45, 2.75) is 36.2 Å². The third-order valence-electron chi connectivity index (χ3n) is 4.33. The summed E-state index contributed by atoms with van der Waals surface area (Å²) in [7, 11) is -1.70. The molecule has 0 aliphatic carbocycles. The summed E-state index contributed by atoms with van der Waals surface area (Å²) in [6.07, 6.45) is 2.55. The van der Waals surface area contributed by atoms with Crippen LogP contribution >= 0.6 is 11.6 Å². The Morgan fingerprint density at radius 1 is 1.19 bits per heavy atom. The molecule has 2 aliphatic heterocycles. The van der Waals surface area contributed by atoms with Crippen LogP contribution in [0.15, 0.2) is 23.1 Å². The molecule has 3 rings (SSSR count). The molecule has 0 spiro atoms. The van der Waals surface area contributed by atoms with Crippen molar-refractivity contribution in [1.29, 1.82) is 0 Å². The van der Waals surface area contributed by atoms with Crippen LogP contribution in [0.2, 0.25) is 5.02 Å². The topological polar surface area (TPSA) is 40.6 Å². The minimum atomic E-state index is -3.71. The fourth-order valence-corrected chi connectivity index (χ4v) is 5.63. The van der Waals surface area contributed by atoms with E-state index < -0.39 is 15.8 Å². The predicted molar refractivity (Wildman–Crippen MR) is 79.4 cm³/mol. The van der Waals surface area contributed by atoms with Crippen LogP contribution in [0.4, 0.5) is 4.39 Å². The highest BCUT2D eigenvalue weighted by atomic mass is 35.5. The highest BCUT2D eigenvalue weighted by Crippen LogP contribution is 2.35. The molecule has 2 bridgehead atoms. The van der Waals surface area contributed by atoms with Gasteiger partial charge in [-0.3, -0.25) is 0 Å². The predicted octanol–water partition coefficient (Wildman–Crippen LogP) is 2.34. The number of likely N-dealkylation sites (tertiary alicyclic amines) is 1. The van der Waals surface area contributed by atoms with Gasteiger partial charge >= 0.3 is 0 Å². The molecule has 116 valence electrons. The number of likely N-dealkylation sites (N-methyl/N-ethyl adjacent to an activating group) is 1. The molecule has 2 fully saturated rings. The van der Waals surface area contributed by atoms with Gasteiger partial charge in [0.2, 0.25) is 10.0 Å². The number of hydrogen-bond donors (Lipinski definition) is 0. The number of benzene rings is 1. The Kier molecular flexibility index (Phi) is 3.98. The molecule has 7 heteroatoms. The number of sulfonamides is 1. The van der Waals surface area contributed by atoms with Crippen molar-refractivity contribution in [1.82, 2.24) is 9.21 Å². The Hall–Kier alpha value is -0.690. The van der Waals surface area contributed by atoms with Crippen molar-refractivity contribution < 1.29 is 12.8 Å². The summed E-state index contributed by atoms with van der Waals surface area (Å²) in [5, 5.41) is 0.105. The molecule has 0 N–H and O–H groups in total. The second-order valence-electron chi connectivity index (χ2n) is 5.88. The standard InChI is InChI=1S/C14H18ClFN2O2S/c1-17-5-4-12-2-3-13(9-17)18(12)21(19,20)14-7-10(15)6-11(16)8-14/h6-8,12-13H,2-5,9H2,1H3/t12?,13-/m1/s1. The number of nitrogens with zero attached hydrogens (tertiary/aromatic N) is 2. The first-order chi connectivity index (χ1) is 9.88. The molecular formula is C14H18ClFN2O2S. The number of halogens is 2. The molecule has 0 aromatic heterocycles. The Labute approximate surface area is 129 Å². The van der Waals surface area contributed by atoms with Gasteiger partial charge in [0.15, 0.2) is 0 Å². The van der Waals surface area contributed by atoms with E-state index in [1.165, 1.54) is 6.07 Å². The summed E-state index contributed by atoms with van der Waals surface area (Å²) < 4.78 is 40.9. The Bertz CT molecular complexity index is 632. The second-order valence-corrected chi connectivity index (χ2v) is 8.16. The van der Waals surface area contributed by atoms with E-state index in [0.717, 1.165) is 44.5 Å². The van der Waals surface area contributed by atoms with Crippen LogP contribution < -0.4 is 0 Å². The lowest BCUT2D eigenvalue weighted by atomic mass is 10.1. The average Bonchev–Trinajstić information content (AvgIpc) is 2.69. The lowest BCUT2D eigenvalue weighted by Crippen LogP contribution is -2.42. The summed E-state index contributed by atoms with van der Waals surface area (Å²) in [4.78, 5) is 2.11. The molecule has 0 radical (unpaired) electrons. The summed E-state index contributed by atoms with van der Waals surface area (Å²) >= 11 is 5.81. The molecule has 4 nitrogen and oxygen atoms in total. The number of fused-ring (bicyclic) bond motifs is 2. The number of hydrogen-bond acceptors (Lipinski definition) is 3. The number of rotatable bonds is 2. The third-order valence-corrected chi connectivity index (χ3v) is 6.53. The average molecular weight is 333 g/mol. The van der Waals surface area contributed by atoms with E-state index in [1.54, 1.807) is 4.31 Å². The minimum absolute atomic E-state index is 0.00647. The summed E-state index contributed by atoms with van der Waals surface area (Å²) in [5.74, 6) is -0.625. The molecule has 1 aromatic carbocycles. The minimum Gasteiger partial charge on any atom is -0.305 e. The SMILES string of the molecule is CN1CCC2CC[C@H](C1)N2S(=O)(=O)c1cc(F)cc(Cl)c1. The fourth-order valence-electron chi connectivity index (χ4n) is 3.39. The van der Waals surface area contributed by atoms with Crippen LogP contribution in [0.1, 0.15) is 19.3 Å².